The summed E-state index contributed by atoms with van der Waals surface area (Å²) in [4.78, 5) is 0. The molecule has 0 rings (SSSR count). The molecule has 0 aromatic carbocycles. The van der Waals surface area contributed by atoms with Gasteiger partial charge in [-0.2, -0.15) is 0 Å². The van der Waals surface area contributed by atoms with E-state index in [9.17, 15) is 0 Å². The summed E-state index contributed by atoms with van der Waals surface area (Å²) in [5.74, 6) is -1.12. The quantitative estimate of drug-likeness (QED) is 0.268. The van der Waals surface area contributed by atoms with Gasteiger partial charge in [-0.1, -0.05) is 0 Å². The molecule has 0 aromatic heterocycles. The van der Waals surface area contributed by atoms with Crippen molar-refractivity contribution in [3.8, 4) is 0 Å². The fourth-order valence-electron chi connectivity index (χ4n) is 1.76. The molecule has 0 aliphatic heterocycles. The Bertz CT molecular complexity index is 220. The van der Waals surface area contributed by atoms with E-state index in [0.29, 0.717) is 19.8 Å². The van der Waals surface area contributed by atoms with Crippen molar-refractivity contribution in [2.24, 2.45) is 0 Å². The molecule has 0 unspecified atom stereocenters. The van der Waals surface area contributed by atoms with Crippen LogP contribution in [-0.4, -0.2) is 31.4 Å². The fraction of sp³-hybridized carbons (Fsp3) is 1.00. The fourth-order valence-corrected chi connectivity index (χ4v) is 1.96. The monoisotopic (exact) mass is 337 g/mol. The molecule has 0 amide bonds. The first-order valence-corrected chi connectivity index (χ1v) is 8.90. The van der Waals surface area contributed by atoms with E-state index in [2.05, 4.69) is 20.8 Å². The van der Waals surface area contributed by atoms with Crippen LogP contribution in [0.3, 0.4) is 0 Å². The second kappa shape index (κ2) is 12.0. The Balaban J connectivity index is 4.96. The summed E-state index contributed by atoms with van der Waals surface area (Å²) in [5, 5.41) is 0. The molecule has 0 saturated carbocycles. The summed E-state index contributed by atoms with van der Waals surface area (Å²) < 4.78 is 23.8. The van der Waals surface area contributed by atoms with Crippen LogP contribution in [0.15, 0.2) is 0 Å². The van der Waals surface area contributed by atoms with Gasteiger partial charge >= 0.3 is 143 Å². The van der Waals surface area contributed by atoms with Gasteiger partial charge in [-0.15, -0.1) is 0 Å². The molecule has 0 atom stereocenters. The zero-order valence-corrected chi connectivity index (χ0v) is 16.1. The van der Waals surface area contributed by atoms with Gasteiger partial charge in [0.25, 0.3) is 0 Å². The van der Waals surface area contributed by atoms with Crippen molar-refractivity contribution < 1.29 is 38.4 Å². The molecule has 0 heterocycles. The van der Waals surface area contributed by atoms with E-state index in [-0.39, 0.29) is 0 Å². The zero-order valence-electron chi connectivity index (χ0n) is 14.5. The Labute approximate surface area is 143 Å². The summed E-state index contributed by atoms with van der Waals surface area (Å²) >= 11 is 1.67. The van der Waals surface area contributed by atoms with Gasteiger partial charge in [0.2, 0.25) is 0 Å². The van der Waals surface area contributed by atoms with Crippen molar-refractivity contribution in [2.45, 2.75) is 84.7 Å². The molecular formula is C16H33O4Ti. The number of unbranched alkanes of at least 4 members (excludes halogenated alkanes) is 3. The molecule has 0 bridgehead atoms. The first-order valence-electron chi connectivity index (χ1n) is 8.26. The molecule has 125 valence electrons. The SMILES string of the molecule is CCCCOC(OCCCC)(OCCCC)C(C)(C)[O][Ti]. The van der Waals surface area contributed by atoms with Crippen LogP contribution < -0.4 is 0 Å². The Morgan fingerprint density at radius 1 is 0.714 bits per heavy atom. The Kier molecular flexibility index (Phi) is 12.4. The summed E-state index contributed by atoms with van der Waals surface area (Å²) in [5.41, 5.74) is -0.664. The van der Waals surface area contributed by atoms with Crippen molar-refractivity contribution in [3.63, 3.8) is 0 Å². The Morgan fingerprint density at radius 2 is 1.05 bits per heavy atom. The topological polar surface area (TPSA) is 36.9 Å². The molecule has 4 nitrogen and oxygen atoms in total. The molecular weight excluding hydrogens is 304 g/mol. The van der Waals surface area contributed by atoms with E-state index in [1.165, 1.54) is 0 Å². The van der Waals surface area contributed by atoms with E-state index in [4.69, 9.17) is 17.5 Å². The van der Waals surface area contributed by atoms with Crippen LogP contribution in [0.25, 0.3) is 0 Å². The first-order chi connectivity index (χ1) is 9.99. The van der Waals surface area contributed by atoms with E-state index < -0.39 is 11.6 Å². The van der Waals surface area contributed by atoms with Crippen LogP contribution in [-0.2, 0) is 38.4 Å². The maximum atomic E-state index is 6.05. The number of hydrogen-bond donors (Lipinski definition) is 0. The van der Waals surface area contributed by atoms with Crippen LogP contribution in [0.2, 0.25) is 0 Å². The normalized spacial score (nSPS) is 12.8. The van der Waals surface area contributed by atoms with Gasteiger partial charge in [0, 0.05) is 0 Å². The van der Waals surface area contributed by atoms with Crippen molar-refractivity contribution >= 4 is 0 Å². The third-order valence-electron chi connectivity index (χ3n) is 3.36. The second-order valence-corrected chi connectivity index (χ2v) is 6.09. The zero-order chi connectivity index (χ0) is 16.2. The molecule has 0 fully saturated rings. The summed E-state index contributed by atoms with van der Waals surface area (Å²) in [6.45, 7) is 12.2. The molecule has 21 heavy (non-hydrogen) atoms. The predicted octanol–water partition coefficient (Wildman–Crippen LogP) is 4.35. The molecule has 0 radical (unpaired) electrons. The minimum atomic E-state index is -1.12. The van der Waals surface area contributed by atoms with E-state index in [0.717, 1.165) is 38.5 Å². The van der Waals surface area contributed by atoms with Gasteiger partial charge < -0.3 is 0 Å². The van der Waals surface area contributed by atoms with Crippen LogP contribution in [0.1, 0.15) is 73.1 Å². The van der Waals surface area contributed by atoms with Crippen molar-refractivity contribution in [1.82, 2.24) is 0 Å². The van der Waals surface area contributed by atoms with E-state index in [1.807, 2.05) is 13.8 Å². The number of rotatable bonds is 14. The predicted molar refractivity (Wildman–Crippen MR) is 80.5 cm³/mol. The van der Waals surface area contributed by atoms with Gasteiger partial charge in [0.15, 0.2) is 0 Å². The van der Waals surface area contributed by atoms with Gasteiger partial charge in [0.1, 0.15) is 0 Å². The van der Waals surface area contributed by atoms with Gasteiger partial charge in [0.05, 0.1) is 0 Å². The summed E-state index contributed by atoms with van der Waals surface area (Å²) in [7, 11) is 0. The Hall–Kier alpha value is 0.554. The van der Waals surface area contributed by atoms with Crippen LogP contribution >= 0.6 is 0 Å². The van der Waals surface area contributed by atoms with E-state index >= 15 is 0 Å². The molecule has 0 aliphatic carbocycles. The molecule has 0 saturated heterocycles. The third kappa shape index (κ3) is 7.58. The molecule has 5 heteroatoms. The standard InChI is InChI=1S/C16H33O4.Ti/c1-6-9-12-18-16(15(4,5)17,19-13-10-7-2)20-14-11-8-3;/h6-14H2,1-5H3;/q-1;+1. The van der Waals surface area contributed by atoms with Gasteiger partial charge in [-0.3, -0.25) is 0 Å². The average Bonchev–Trinajstić information content (AvgIpc) is 2.47. The average molecular weight is 337 g/mol. The third-order valence-corrected chi connectivity index (χ3v) is 4.16. The number of hydrogen-bond acceptors (Lipinski definition) is 4. The van der Waals surface area contributed by atoms with Gasteiger partial charge in [-0.05, 0) is 0 Å². The first kappa shape index (κ1) is 21.6. The van der Waals surface area contributed by atoms with Gasteiger partial charge in [-0.25, -0.2) is 0 Å². The van der Waals surface area contributed by atoms with Crippen LogP contribution in [0.5, 0.6) is 0 Å². The maximum absolute atomic E-state index is 6.05. The summed E-state index contributed by atoms with van der Waals surface area (Å²) in [6.07, 6.45) is 6.18. The van der Waals surface area contributed by atoms with Crippen LogP contribution in [0, 0.1) is 0 Å². The van der Waals surface area contributed by atoms with E-state index in [1.54, 1.807) is 20.8 Å². The molecule has 0 spiro atoms. The van der Waals surface area contributed by atoms with Crippen LogP contribution in [0.4, 0.5) is 0 Å². The summed E-state index contributed by atoms with van der Waals surface area (Å²) in [6, 6.07) is 0. The molecule has 0 aromatic rings. The van der Waals surface area contributed by atoms with Crippen molar-refractivity contribution in [3.05, 3.63) is 0 Å². The van der Waals surface area contributed by atoms with Crippen molar-refractivity contribution in [1.29, 1.82) is 0 Å². The second-order valence-electron chi connectivity index (χ2n) is 5.77. The number of ether oxygens (including phenoxy) is 3. The minimum absolute atomic E-state index is 0.613. The Morgan fingerprint density at radius 3 is 1.29 bits per heavy atom. The molecule has 0 N–H and O–H groups in total. The van der Waals surface area contributed by atoms with Crippen molar-refractivity contribution in [2.75, 3.05) is 19.8 Å². The molecule has 0 aliphatic rings.